The lowest BCUT2D eigenvalue weighted by atomic mass is 10.0. The summed E-state index contributed by atoms with van der Waals surface area (Å²) in [6, 6.07) is 0. The van der Waals surface area contributed by atoms with Crippen LogP contribution in [0.25, 0.3) is 16.7 Å². The van der Waals surface area contributed by atoms with Gasteiger partial charge in [0.1, 0.15) is 12.2 Å². The van der Waals surface area contributed by atoms with Gasteiger partial charge in [-0.25, -0.2) is 19.0 Å². The van der Waals surface area contributed by atoms with Crippen LogP contribution in [0.15, 0.2) is 18.7 Å². The molecule has 1 aliphatic carbocycles. The van der Waals surface area contributed by atoms with Crippen LogP contribution in [0.3, 0.4) is 0 Å². The molecule has 1 aliphatic heterocycles. The summed E-state index contributed by atoms with van der Waals surface area (Å²) < 4.78 is 16.1. The van der Waals surface area contributed by atoms with Crippen molar-refractivity contribution in [1.29, 1.82) is 0 Å². The number of aryl methyl sites for hydroxylation is 1. The summed E-state index contributed by atoms with van der Waals surface area (Å²) >= 11 is 0. The number of carbonyl (C=O) groups is 3. The number of ketones is 1. The Morgan fingerprint density at radius 1 is 1.09 bits per heavy atom. The van der Waals surface area contributed by atoms with Crippen LogP contribution in [0, 0.1) is 18.7 Å². The van der Waals surface area contributed by atoms with Crippen LogP contribution in [-0.4, -0.2) is 78.3 Å². The van der Waals surface area contributed by atoms with Crippen LogP contribution in [0.2, 0.25) is 0 Å². The predicted molar refractivity (Wildman–Crippen MR) is 124 cm³/mol. The van der Waals surface area contributed by atoms with Crippen LogP contribution in [0.1, 0.15) is 54.7 Å². The summed E-state index contributed by atoms with van der Waals surface area (Å²) in [5, 5.41) is 4.18. The fourth-order valence-corrected chi connectivity index (χ4v) is 5.10. The number of pyridine rings is 1. The van der Waals surface area contributed by atoms with E-state index >= 15 is 0 Å². The molecule has 2 fully saturated rings. The van der Waals surface area contributed by atoms with E-state index in [0.29, 0.717) is 31.3 Å². The molecular weight excluding hydrogens is 453 g/mol. The van der Waals surface area contributed by atoms with E-state index < -0.39 is 17.5 Å². The molecule has 1 saturated heterocycles. The number of carbonyl (C=O) groups excluding carboxylic acids is 3. The lowest BCUT2D eigenvalue weighted by Gasteiger charge is -2.34. The minimum Gasteiger partial charge on any atom is -0.357 e. The highest BCUT2D eigenvalue weighted by Crippen LogP contribution is 2.29. The standard InChI is InChI=1S/C24H28FN7O3/c1-15-28-14-32(29-15)23-21-20(18(25)13-27-23)17(12-26-21)22(34)24(35)31-10-8-30(9-11-31)19(33)7-6-16-4-2-3-5-16/h12-14,16,26H,2-11H2,1H3. The van der Waals surface area contributed by atoms with E-state index in [2.05, 4.69) is 20.1 Å². The second-order valence-corrected chi connectivity index (χ2v) is 9.31. The number of Topliss-reactive ketones (excluding diaryl/α,β-unsaturated/α-hetero) is 1. The summed E-state index contributed by atoms with van der Waals surface area (Å²) in [5.41, 5.74) is 0.196. The van der Waals surface area contributed by atoms with E-state index in [1.54, 1.807) is 11.8 Å². The zero-order valence-corrected chi connectivity index (χ0v) is 19.7. The Bertz CT molecular complexity index is 1270. The van der Waals surface area contributed by atoms with Crippen molar-refractivity contribution >= 4 is 28.5 Å². The van der Waals surface area contributed by atoms with Crippen LogP contribution >= 0.6 is 0 Å². The molecule has 2 aliphatic rings. The molecule has 3 aromatic rings. The van der Waals surface area contributed by atoms with Crippen molar-refractivity contribution in [2.75, 3.05) is 26.2 Å². The van der Waals surface area contributed by atoms with E-state index in [9.17, 15) is 18.8 Å². The minimum atomic E-state index is -0.803. The number of nitrogens with one attached hydrogen (secondary N) is 1. The minimum absolute atomic E-state index is 0.0118. The average Bonchev–Trinajstić information content (AvgIpc) is 3.63. The number of rotatable bonds is 6. The maximum atomic E-state index is 14.7. The highest BCUT2D eigenvalue weighted by Gasteiger charge is 2.31. The molecular formula is C24H28FN7O3. The molecule has 11 heteroatoms. The molecule has 3 aromatic heterocycles. The molecule has 5 rings (SSSR count). The SMILES string of the molecule is Cc1ncn(-c2ncc(F)c3c(C(=O)C(=O)N4CCN(C(=O)CCC5CCCC5)CC4)c[nH]c23)n1. The number of nitrogens with zero attached hydrogens (tertiary/aromatic N) is 6. The molecule has 0 aromatic carbocycles. The molecule has 1 saturated carbocycles. The molecule has 0 bridgehead atoms. The summed E-state index contributed by atoms with van der Waals surface area (Å²) in [6.45, 7) is 3.04. The lowest BCUT2D eigenvalue weighted by molar-refractivity contribution is -0.137. The van der Waals surface area contributed by atoms with E-state index in [1.165, 1.54) is 47.8 Å². The van der Waals surface area contributed by atoms with Crippen LogP contribution in [-0.2, 0) is 9.59 Å². The fraction of sp³-hybridized carbons (Fsp3) is 0.500. The highest BCUT2D eigenvalue weighted by atomic mass is 19.1. The van der Waals surface area contributed by atoms with Gasteiger partial charge in [0.25, 0.3) is 11.7 Å². The van der Waals surface area contributed by atoms with Crippen molar-refractivity contribution in [3.8, 4) is 5.82 Å². The number of amides is 2. The number of hydrogen-bond donors (Lipinski definition) is 1. The van der Waals surface area contributed by atoms with Crippen molar-refractivity contribution < 1.29 is 18.8 Å². The molecule has 2 amide bonds. The lowest BCUT2D eigenvalue weighted by Crippen LogP contribution is -2.52. The fourth-order valence-electron chi connectivity index (χ4n) is 5.10. The molecule has 4 heterocycles. The molecule has 1 N–H and O–H groups in total. The Kier molecular flexibility index (Phi) is 6.31. The van der Waals surface area contributed by atoms with Gasteiger partial charge in [0.15, 0.2) is 11.6 Å². The first-order valence-corrected chi connectivity index (χ1v) is 12.1. The number of piperazine rings is 1. The number of aromatic amines is 1. The summed E-state index contributed by atoms with van der Waals surface area (Å²) in [7, 11) is 0. The zero-order chi connectivity index (χ0) is 24.5. The number of H-pyrrole nitrogens is 1. The quantitative estimate of drug-likeness (QED) is 0.427. The first kappa shape index (κ1) is 23.1. The molecule has 10 nitrogen and oxygen atoms in total. The van der Waals surface area contributed by atoms with E-state index in [0.717, 1.165) is 12.6 Å². The molecule has 35 heavy (non-hydrogen) atoms. The number of halogens is 1. The smallest absolute Gasteiger partial charge is 0.295 e. The molecule has 0 spiro atoms. The number of fused-ring (bicyclic) bond motifs is 1. The van der Waals surface area contributed by atoms with E-state index in [4.69, 9.17) is 0 Å². The Morgan fingerprint density at radius 3 is 2.49 bits per heavy atom. The molecule has 0 unspecified atom stereocenters. The van der Waals surface area contributed by atoms with Gasteiger partial charge in [0, 0.05) is 38.8 Å². The Balaban J connectivity index is 1.26. The van der Waals surface area contributed by atoms with Gasteiger partial charge in [-0.3, -0.25) is 14.4 Å². The maximum absolute atomic E-state index is 14.7. The normalized spacial score (nSPS) is 16.9. The zero-order valence-electron chi connectivity index (χ0n) is 19.7. The van der Waals surface area contributed by atoms with E-state index in [-0.39, 0.29) is 41.3 Å². The van der Waals surface area contributed by atoms with Gasteiger partial charge < -0.3 is 14.8 Å². The molecule has 0 atom stereocenters. The third kappa shape index (κ3) is 4.54. The molecule has 0 radical (unpaired) electrons. The van der Waals surface area contributed by atoms with Crippen LogP contribution < -0.4 is 0 Å². The van der Waals surface area contributed by atoms with Gasteiger partial charge >= 0.3 is 0 Å². The first-order chi connectivity index (χ1) is 16.9. The Hall–Kier alpha value is -3.63. The summed E-state index contributed by atoms with van der Waals surface area (Å²) in [6.07, 6.45) is 10.2. The topological polar surface area (TPSA) is 117 Å². The van der Waals surface area contributed by atoms with Crippen molar-refractivity contribution in [3.05, 3.63) is 35.9 Å². The van der Waals surface area contributed by atoms with Crippen molar-refractivity contribution in [1.82, 2.24) is 34.5 Å². The van der Waals surface area contributed by atoms with Gasteiger partial charge in [-0.15, -0.1) is 0 Å². The van der Waals surface area contributed by atoms with Crippen LogP contribution in [0.4, 0.5) is 4.39 Å². The number of aromatic nitrogens is 5. The molecule has 184 valence electrons. The van der Waals surface area contributed by atoms with Gasteiger partial charge in [0.2, 0.25) is 5.91 Å². The summed E-state index contributed by atoms with van der Waals surface area (Å²) in [5.74, 6) is -0.675. The Labute approximate surface area is 201 Å². The van der Waals surface area contributed by atoms with Crippen LogP contribution in [0.5, 0.6) is 0 Å². The Morgan fingerprint density at radius 2 is 1.80 bits per heavy atom. The third-order valence-electron chi connectivity index (χ3n) is 7.07. The largest absolute Gasteiger partial charge is 0.357 e. The van der Waals surface area contributed by atoms with E-state index in [1.807, 2.05) is 0 Å². The van der Waals surface area contributed by atoms with Crippen molar-refractivity contribution in [2.45, 2.75) is 45.4 Å². The number of hydrogen-bond acceptors (Lipinski definition) is 6. The second-order valence-electron chi connectivity index (χ2n) is 9.31. The van der Waals surface area contributed by atoms with Crippen molar-refractivity contribution in [2.24, 2.45) is 5.92 Å². The van der Waals surface area contributed by atoms with Crippen molar-refractivity contribution in [3.63, 3.8) is 0 Å². The van der Waals surface area contributed by atoms with Gasteiger partial charge in [0.05, 0.1) is 22.7 Å². The van der Waals surface area contributed by atoms with Gasteiger partial charge in [-0.1, -0.05) is 25.7 Å². The van der Waals surface area contributed by atoms with Gasteiger partial charge in [-0.05, 0) is 19.3 Å². The average molecular weight is 482 g/mol. The predicted octanol–water partition coefficient (Wildman–Crippen LogP) is 2.42. The monoisotopic (exact) mass is 481 g/mol. The third-order valence-corrected chi connectivity index (χ3v) is 7.07. The summed E-state index contributed by atoms with van der Waals surface area (Å²) in [4.78, 5) is 52.8. The highest BCUT2D eigenvalue weighted by molar-refractivity contribution is 6.45. The van der Waals surface area contributed by atoms with Gasteiger partial charge in [-0.2, -0.15) is 5.10 Å². The first-order valence-electron chi connectivity index (χ1n) is 12.1. The second kappa shape index (κ2) is 9.55. The maximum Gasteiger partial charge on any atom is 0.295 e.